The fourth-order valence-electron chi connectivity index (χ4n) is 4.06. The first-order valence-corrected chi connectivity index (χ1v) is 10.2. The topological polar surface area (TPSA) is 89.9 Å². The number of rotatable bonds is 8. The zero-order valence-corrected chi connectivity index (χ0v) is 18.9. The summed E-state index contributed by atoms with van der Waals surface area (Å²) in [6.07, 6.45) is 0.945. The number of Topliss-reactive ketones (excluding diaryl/α,β-unsaturated/α-hetero) is 1. The number of imide groups is 1. The number of amides is 3. The molecule has 166 valence electrons. The van der Waals surface area contributed by atoms with Crippen LogP contribution < -0.4 is 14.8 Å². The van der Waals surface area contributed by atoms with Gasteiger partial charge in [-0.3, -0.25) is 14.5 Å². The van der Waals surface area contributed by atoms with E-state index in [0.717, 1.165) is 29.3 Å². The highest BCUT2D eigenvalue weighted by atomic mass is 16.5. The lowest BCUT2D eigenvalue weighted by molar-refractivity contribution is -0.130. The lowest BCUT2D eigenvalue weighted by atomic mass is 9.91. The number of carbonyl (C=O) groups excluding carboxylic acids is 3. The van der Waals surface area contributed by atoms with Crippen LogP contribution in [0.2, 0.25) is 0 Å². The van der Waals surface area contributed by atoms with Gasteiger partial charge in [-0.2, -0.15) is 0 Å². The minimum atomic E-state index is -1.31. The zero-order valence-electron chi connectivity index (χ0n) is 18.9. The lowest BCUT2D eigenvalue weighted by Gasteiger charge is -2.23. The number of nitrogens with one attached hydrogen (secondary N) is 1. The monoisotopic (exact) mass is 427 g/mol. The van der Waals surface area contributed by atoms with Crippen LogP contribution in [0.4, 0.5) is 4.79 Å². The van der Waals surface area contributed by atoms with Crippen molar-refractivity contribution in [2.24, 2.45) is 0 Å². The second-order valence-corrected chi connectivity index (χ2v) is 7.88. The molecule has 1 aliphatic rings. The van der Waals surface area contributed by atoms with Crippen LogP contribution in [0.5, 0.6) is 11.5 Å². The summed E-state index contributed by atoms with van der Waals surface area (Å²) in [5, 5.41) is 2.73. The maximum Gasteiger partial charge on any atom is 0.325 e. The second kappa shape index (κ2) is 8.45. The van der Waals surface area contributed by atoms with Gasteiger partial charge in [0.15, 0.2) is 17.3 Å². The van der Waals surface area contributed by atoms with E-state index in [2.05, 4.69) is 16.8 Å². The number of carbonyl (C=O) groups is 3. The number of methoxy groups -OCH3 is 2. The summed E-state index contributed by atoms with van der Waals surface area (Å²) in [6.45, 7) is 8.01. The summed E-state index contributed by atoms with van der Waals surface area (Å²) in [7, 11) is 3.02. The molecule has 3 rings (SSSR count). The zero-order chi connectivity index (χ0) is 22.9. The average Bonchev–Trinajstić information content (AvgIpc) is 3.16. The minimum absolute atomic E-state index is 0.268. The SMILES string of the molecule is CCCn1c(C)cc(C(=O)CN2C(=O)N[C@](C)(c3ccc(OC)c(OC)c3)C2=O)c1C. The van der Waals surface area contributed by atoms with Gasteiger partial charge in [0.2, 0.25) is 0 Å². The van der Waals surface area contributed by atoms with Gasteiger partial charge in [-0.1, -0.05) is 13.0 Å². The van der Waals surface area contributed by atoms with Crippen LogP contribution in [0.3, 0.4) is 0 Å². The third-order valence-corrected chi connectivity index (χ3v) is 5.86. The Morgan fingerprint density at radius 2 is 1.77 bits per heavy atom. The third-order valence-electron chi connectivity index (χ3n) is 5.86. The molecule has 0 radical (unpaired) electrons. The molecular weight excluding hydrogens is 398 g/mol. The Kier molecular flexibility index (Phi) is 6.10. The Morgan fingerprint density at radius 1 is 1.10 bits per heavy atom. The van der Waals surface area contributed by atoms with Crippen molar-refractivity contribution in [2.75, 3.05) is 20.8 Å². The van der Waals surface area contributed by atoms with Crippen LogP contribution >= 0.6 is 0 Å². The van der Waals surface area contributed by atoms with Crippen LogP contribution in [0.15, 0.2) is 24.3 Å². The molecule has 0 unspecified atom stereocenters. The van der Waals surface area contributed by atoms with Crippen molar-refractivity contribution in [3.05, 3.63) is 46.8 Å². The highest BCUT2D eigenvalue weighted by Gasteiger charge is 2.49. The number of ketones is 1. The molecule has 8 nitrogen and oxygen atoms in total. The molecule has 2 heterocycles. The first-order valence-electron chi connectivity index (χ1n) is 10.2. The largest absolute Gasteiger partial charge is 0.493 e. The van der Waals surface area contributed by atoms with Crippen molar-refractivity contribution < 1.29 is 23.9 Å². The predicted octanol–water partition coefficient (Wildman–Crippen LogP) is 3.18. The van der Waals surface area contributed by atoms with Crippen molar-refractivity contribution >= 4 is 17.7 Å². The Balaban J connectivity index is 1.87. The molecular formula is C23H29N3O5. The van der Waals surface area contributed by atoms with Gasteiger partial charge in [-0.15, -0.1) is 0 Å². The Morgan fingerprint density at radius 3 is 2.39 bits per heavy atom. The van der Waals surface area contributed by atoms with Crippen LogP contribution in [0.1, 0.15) is 47.6 Å². The number of hydrogen-bond acceptors (Lipinski definition) is 5. The van der Waals surface area contributed by atoms with E-state index in [-0.39, 0.29) is 12.3 Å². The Hall–Kier alpha value is -3.29. The van der Waals surface area contributed by atoms with Crippen molar-refractivity contribution in [2.45, 2.75) is 46.2 Å². The summed E-state index contributed by atoms with van der Waals surface area (Å²) in [5.74, 6) is 0.207. The summed E-state index contributed by atoms with van der Waals surface area (Å²) >= 11 is 0. The van der Waals surface area contributed by atoms with E-state index < -0.39 is 17.5 Å². The molecule has 0 bridgehead atoms. The Bertz CT molecular complexity index is 1040. The van der Waals surface area contributed by atoms with Crippen molar-refractivity contribution in [3.8, 4) is 11.5 Å². The van der Waals surface area contributed by atoms with E-state index in [0.29, 0.717) is 22.6 Å². The molecule has 31 heavy (non-hydrogen) atoms. The van der Waals surface area contributed by atoms with E-state index in [9.17, 15) is 14.4 Å². The van der Waals surface area contributed by atoms with E-state index >= 15 is 0 Å². The fraction of sp³-hybridized carbons (Fsp3) is 0.435. The number of urea groups is 1. The first-order chi connectivity index (χ1) is 14.7. The van der Waals surface area contributed by atoms with Gasteiger partial charge in [-0.05, 0) is 51.0 Å². The predicted molar refractivity (Wildman–Crippen MR) is 116 cm³/mol. The number of aromatic nitrogens is 1. The average molecular weight is 428 g/mol. The van der Waals surface area contributed by atoms with Gasteiger partial charge in [0, 0.05) is 23.5 Å². The van der Waals surface area contributed by atoms with E-state index in [1.165, 1.54) is 14.2 Å². The smallest absolute Gasteiger partial charge is 0.325 e. The molecule has 1 aromatic heterocycles. The molecule has 2 aromatic rings. The maximum atomic E-state index is 13.2. The van der Waals surface area contributed by atoms with Gasteiger partial charge >= 0.3 is 6.03 Å². The molecule has 1 fully saturated rings. The normalized spacial score (nSPS) is 18.3. The first kappa shape index (κ1) is 22.4. The second-order valence-electron chi connectivity index (χ2n) is 7.88. The fourth-order valence-corrected chi connectivity index (χ4v) is 4.06. The third kappa shape index (κ3) is 3.78. The van der Waals surface area contributed by atoms with Gasteiger partial charge in [0.05, 0.1) is 20.8 Å². The van der Waals surface area contributed by atoms with Crippen molar-refractivity contribution in [1.82, 2.24) is 14.8 Å². The molecule has 8 heteroatoms. The number of ether oxygens (including phenoxy) is 2. The van der Waals surface area contributed by atoms with E-state index in [1.807, 2.05) is 19.9 Å². The molecule has 1 aromatic carbocycles. The van der Waals surface area contributed by atoms with E-state index in [1.54, 1.807) is 25.1 Å². The van der Waals surface area contributed by atoms with Gasteiger partial charge in [0.1, 0.15) is 5.54 Å². The number of hydrogen-bond donors (Lipinski definition) is 1. The molecule has 1 saturated heterocycles. The van der Waals surface area contributed by atoms with Crippen molar-refractivity contribution in [1.29, 1.82) is 0 Å². The molecule has 0 spiro atoms. The molecule has 1 aliphatic heterocycles. The number of aryl methyl sites for hydroxylation is 1. The lowest BCUT2D eigenvalue weighted by Crippen LogP contribution is -2.41. The van der Waals surface area contributed by atoms with Crippen LogP contribution in [0.25, 0.3) is 0 Å². The van der Waals surface area contributed by atoms with E-state index in [4.69, 9.17) is 9.47 Å². The van der Waals surface area contributed by atoms with Crippen LogP contribution in [-0.4, -0.2) is 48.0 Å². The molecule has 1 atom stereocenters. The van der Waals surface area contributed by atoms with Gasteiger partial charge in [-0.25, -0.2) is 4.79 Å². The Labute approximate surface area is 182 Å². The van der Waals surface area contributed by atoms with Gasteiger partial charge < -0.3 is 19.4 Å². The summed E-state index contributed by atoms with van der Waals surface area (Å²) in [4.78, 5) is 39.9. The standard InChI is InChI=1S/C23H29N3O5/c1-7-10-25-14(2)11-17(15(25)3)18(27)13-26-21(28)23(4,24-22(26)29)16-8-9-19(30-5)20(12-16)31-6/h8-9,11-12H,7,10,13H2,1-6H3,(H,24,29)/t23-/m1/s1. The highest BCUT2D eigenvalue weighted by Crippen LogP contribution is 2.35. The number of benzene rings is 1. The minimum Gasteiger partial charge on any atom is -0.493 e. The van der Waals surface area contributed by atoms with Crippen LogP contribution in [0, 0.1) is 13.8 Å². The van der Waals surface area contributed by atoms with Gasteiger partial charge in [0.25, 0.3) is 5.91 Å². The molecule has 3 amide bonds. The molecule has 0 aliphatic carbocycles. The van der Waals surface area contributed by atoms with Crippen LogP contribution in [-0.2, 0) is 16.9 Å². The molecule has 1 N–H and O–H groups in total. The molecule has 0 saturated carbocycles. The van der Waals surface area contributed by atoms with Crippen molar-refractivity contribution in [3.63, 3.8) is 0 Å². The highest BCUT2D eigenvalue weighted by molar-refractivity contribution is 6.11. The quantitative estimate of drug-likeness (QED) is 0.516. The summed E-state index contributed by atoms with van der Waals surface area (Å²) in [5.41, 5.74) is 1.59. The summed E-state index contributed by atoms with van der Waals surface area (Å²) < 4.78 is 12.6. The summed E-state index contributed by atoms with van der Waals surface area (Å²) in [6, 6.07) is 6.25. The number of nitrogens with zero attached hydrogens (tertiary/aromatic N) is 2. The maximum absolute atomic E-state index is 13.2.